The predicted octanol–water partition coefficient (Wildman–Crippen LogP) is 10.1. The first-order chi connectivity index (χ1) is 20.0. The van der Waals surface area contributed by atoms with Crippen molar-refractivity contribution in [1.29, 1.82) is 0 Å². The van der Waals surface area contributed by atoms with Gasteiger partial charge in [-0.2, -0.15) is 0 Å². The fourth-order valence-electron chi connectivity index (χ4n) is 5.47. The van der Waals surface area contributed by atoms with Crippen LogP contribution < -0.4 is 10.6 Å². The molecule has 2 amide bonds. The molecule has 1 atom stereocenters. The molecule has 0 saturated carbocycles. The van der Waals surface area contributed by atoms with E-state index in [1.807, 2.05) is 0 Å². The monoisotopic (exact) mass is 579 g/mol. The molecule has 41 heavy (non-hydrogen) atoms. The highest BCUT2D eigenvalue weighted by Crippen LogP contribution is 2.14. The Bertz CT molecular complexity index is 608. The van der Waals surface area contributed by atoms with Gasteiger partial charge in [0.2, 0.25) is 11.8 Å². The number of rotatable bonds is 32. The summed E-state index contributed by atoms with van der Waals surface area (Å²) in [5, 5.41) is 5.69. The lowest BCUT2D eigenvalue weighted by atomic mass is 10.0. The van der Waals surface area contributed by atoms with E-state index in [4.69, 9.17) is 0 Å². The number of hydrogen-bond acceptors (Lipinski definition) is 3. The summed E-state index contributed by atoms with van der Waals surface area (Å²) in [5.74, 6) is -0.214. The van der Waals surface area contributed by atoms with E-state index >= 15 is 0 Å². The predicted molar refractivity (Wildman–Crippen MR) is 176 cm³/mol. The van der Waals surface area contributed by atoms with Gasteiger partial charge in [0.25, 0.3) is 0 Å². The topological polar surface area (TPSA) is 75.3 Å². The van der Waals surface area contributed by atoms with E-state index in [1.54, 1.807) is 0 Å². The van der Waals surface area contributed by atoms with Crippen molar-refractivity contribution in [2.24, 2.45) is 0 Å². The zero-order chi connectivity index (χ0) is 30.2. The number of ketones is 1. The van der Waals surface area contributed by atoms with Crippen LogP contribution in [0.2, 0.25) is 0 Å². The standard InChI is InChI=1S/C36H70N2O3/c1-4-6-8-10-12-14-16-18-20-22-24-26-28-30-35(40)37-32-34(33(3)39)38-36(41)31-29-27-25-23-21-19-17-15-13-11-9-7-5-2/h34H,4-32H2,1-3H3,(H,37,40)(H,38,41). The van der Waals surface area contributed by atoms with Crippen molar-refractivity contribution in [3.8, 4) is 0 Å². The highest BCUT2D eigenvalue weighted by atomic mass is 16.2. The van der Waals surface area contributed by atoms with Gasteiger partial charge < -0.3 is 10.6 Å². The van der Waals surface area contributed by atoms with Crippen molar-refractivity contribution in [2.75, 3.05) is 6.54 Å². The molecule has 5 nitrogen and oxygen atoms in total. The van der Waals surface area contributed by atoms with Crippen LogP contribution in [-0.4, -0.2) is 30.2 Å². The van der Waals surface area contributed by atoms with Crippen LogP contribution in [0, 0.1) is 0 Å². The van der Waals surface area contributed by atoms with Crippen molar-refractivity contribution in [2.45, 2.75) is 207 Å². The smallest absolute Gasteiger partial charge is 0.220 e. The van der Waals surface area contributed by atoms with E-state index in [0.717, 1.165) is 25.7 Å². The average molecular weight is 579 g/mol. The summed E-state index contributed by atoms with van der Waals surface area (Å²) in [6.07, 6.45) is 34.2. The number of Topliss-reactive ketones (excluding diaryl/α,β-unsaturated/α-hetero) is 1. The number of amides is 2. The third-order valence-corrected chi connectivity index (χ3v) is 8.34. The Morgan fingerprint density at radius 3 is 1.05 bits per heavy atom. The molecule has 0 rings (SSSR count). The Hall–Kier alpha value is -1.39. The zero-order valence-corrected chi connectivity index (χ0v) is 27.8. The molecule has 5 heteroatoms. The van der Waals surface area contributed by atoms with Crippen LogP contribution in [0.3, 0.4) is 0 Å². The molecular formula is C36H70N2O3. The SMILES string of the molecule is CCCCCCCCCCCCCCCC(=O)NCC(NC(=O)CCCCCCCCCCCCCCC)C(C)=O. The second kappa shape index (κ2) is 31.5. The van der Waals surface area contributed by atoms with Gasteiger partial charge in [0.15, 0.2) is 5.78 Å². The van der Waals surface area contributed by atoms with Crippen molar-refractivity contribution >= 4 is 17.6 Å². The molecule has 0 fully saturated rings. The quantitative estimate of drug-likeness (QED) is 0.0780. The number of hydrogen-bond donors (Lipinski definition) is 2. The van der Waals surface area contributed by atoms with Gasteiger partial charge in [-0.25, -0.2) is 0 Å². The third-order valence-electron chi connectivity index (χ3n) is 8.34. The summed E-state index contributed by atoms with van der Waals surface area (Å²) >= 11 is 0. The fourth-order valence-corrected chi connectivity index (χ4v) is 5.47. The maximum absolute atomic E-state index is 12.3. The lowest BCUT2D eigenvalue weighted by molar-refractivity contribution is -0.127. The van der Waals surface area contributed by atoms with Crippen LogP contribution in [0.5, 0.6) is 0 Å². The molecule has 0 aliphatic rings. The molecule has 2 N–H and O–H groups in total. The van der Waals surface area contributed by atoms with E-state index in [9.17, 15) is 14.4 Å². The molecule has 0 radical (unpaired) electrons. The Morgan fingerprint density at radius 1 is 0.439 bits per heavy atom. The van der Waals surface area contributed by atoms with Crippen LogP contribution in [0.25, 0.3) is 0 Å². The van der Waals surface area contributed by atoms with Gasteiger partial charge in [0.1, 0.15) is 6.04 Å². The molecule has 0 aromatic carbocycles. The minimum atomic E-state index is -0.625. The first-order valence-electron chi connectivity index (χ1n) is 18.1. The van der Waals surface area contributed by atoms with Crippen LogP contribution in [0.15, 0.2) is 0 Å². The molecule has 0 spiro atoms. The summed E-state index contributed by atoms with van der Waals surface area (Å²) in [6.45, 7) is 6.20. The van der Waals surface area contributed by atoms with Crippen molar-refractivity contribution < 1.29 is 14.4 Å². The Kier molecular flexibility index (Phi) is 30.5. The molecule has 0 aromatic rings. The molecule has 0 aliphatic carbocycles. The Morgan fingerprint density at radius 2 is 0.732 bits per heavy atom. The van der Waals surface area contributed by atoms with E-state index < -0.39 is 6.04 Å². The fraction of sp³-hybridized carbons (Fsp3) is 0.917. The number of carbonyl (C=O) groups excluding carboxylic acids is 3. The van der Waals surface area contributed by atoms with Gasteiger partial charge in [-0.05, 0) is 19.8 Å². The minimum absolute atomic E-state index is 0.0231. The van der Waals surface area contributed by atoms with Crippen LogP contribution in [-0.2, 0) is 14.4 Å². The maximum atomic E-state index is 12.3. The highest BCUT2D eigenvalue weighted by Gasteiger charge is 2.17. The zero-order valence-electron chi connectivity index (χ0n) is 27.8. The molecule has 0 saturated heterocycles. The first-order valence-corrected chi connectivity index (χ1v) is 18.1. The number of carbonyl (C=O) groups is 3. The van der Waals surface area contributed by atoms with E-state index in [0.29, 0.717) is 12.8 Å². The summed E-state index contributed by atoms with van der Waals surface area (Å²) in [6, 6.07) is -0.625. The molecule has 0 aliphatic heterocycles. The molecule has 0 bridgehead atoms. The van der Waals surface area contributed by atoms with Crippen LogP contribution in [0.4, 0.5) is 0 Å². The normalized spacial score (nSPS) is 11.9. The second-order valence-electron chi connectivity index (χ2n) is 12.5. The van der Waals surface area contributed by atoms with Gasteiger partial charge in [0, 0.05) is 19.4 Å². The minimum Gasteiger partial charge on any atom is -0.354 e. The van der Waals surface area contributed by atoms with Gasteiger partial charge in [-0.1, -0.05) is 168 Å². The largest absolute Gasteiger partial charge is 0.354 e. The lowest BCUT2D eigenvalue weighted by Crippen LogP contribution is -2.47. The number of unbranched alkanes of at least 4 members (excludes halogenated alkanes) is 24. The van der Waals surface area contributed by atoms with Crippen LogP contribution >= 0.6 is 0 Å². The maximum Gasteiger partial charge on any atom is 0.220 e. The van der Waals surface area contributed by atoms with Gasteiger partial charge in [0.05, 0.1) is 0 Å². The van der Waals surface area contributed by atoms with E-state index in [-0.39, 0.29) is 24.1 Å². The highest BCUT2D eigenvalue weighted by molar-refractivity contribution is 5.88. The Labute approximate surface area is 255 Å². The summed E-state index contributed by atoms with van der Waals surface area (Å²) < 4.78 is 0. The lowest BCUT2D eigenvalue weighted by Gasteiger charge is -2.17. The van der Waals surface area contributed by atoms with E-state index in [2.05, 4.69) is 24.5 Å². The third kappa shape index (κ3) is 29.9. The summed E-state index contributed by atoms with van der Waals surface area (Å²) in [7, 11) is 0. The molecule has 0 aromatic heterocycles. The average Bonchev–Trinajstić information content (AvgIpc) is 2.95. The van der Waals surface area contributed by atoms with Crippen molar-refractivity contribution in [1.82, 2.24) is 10.6 Å². The van der Waals surface area contributed by atoms with Crippen LogP contribution in [0.1, 0.15) is 201 Å². The summed E-state index contributed by atoms with van der Waals surface area (Å²) in [4.78, 5) is 36.6. The molecule has 242 valence electrons. The number of nitrogens with one attached hydrogen (secondary N) is 2. The van der Waals surface area contributed by atoms with Gasteiger partial charge in [-0.15, -0.1) is 0 Å². The first kappa shape index (κ1) is 39.6. The van der Waals surface area contributed by atoms with Crippen molar-refractivity contribution in [3.63, 3.8) is 0 Å². The molecule has 0 heterocycles. The summed E-state index contributed by atoms with van der Waals surface area (Å²) in [5.41, 5.74) is 0. The second-order valence-corrected chi connectivity index (χ2v) is 12.5. The molecular weight excluding hydrogens is 508 g/mol. The van der Waals surface area contributed by atoms with E-state index in [1.165, 1.54) is 148 Å². The van der Waals surface area contributed by atoms with Gasteiger partial charge >= 0.3 is 0 Å². The van der Waals surface area contributed by atoms with Crippen molar-refractivity contribution in [3.05, 3.63) is 0 Å². The Balaban J connectivity index is 3.66. The molecule has 1 unspecified atom stereocenters. The van der Waals surface area contributed by atoms with Gasteiger partial charge in [-0.3, -0.25) is 14.4 Å².